The summed E-state index contributed by atoms with van der Waals surface area (Å²) in [6.07, 6.45) is 2.17. The van der Waals surface area contributed by atoms with E-state index in [0.29, 0.717) is 25.1 Å². The lowest BCUT2D eigenvalue weighted by atomic mass is 10.2. The molecule has 1 heterocycles. The average Bonchev–Trinajstić information content (AvgIpc) is 2.82. The zero-order chi connectivity index (χ0) is 14.5. The minimum Gasteiger partial charge on any atom is -0.462 e. The molecule has 0 fully saturated rings. The van der Waals surface area contributed by atoms with E-state index < -0.39 is 0 Å². The molecule has 0 atom stereocenters. The van der Waals surface area contributed by atoms with Gasteiger partial charge >= 0.3 is 5.97 Å². The van der Waals surface area contributed by atoms with Gasteiger partial charge in [0, 0.05) is 0 Å². The van der Waals surface area contributed by atoms with Crippen molar-refractivity contribution < 1.29 is 13.9 Å². The molecule has 4 nitrogen and oxygen atoms in total. The quantitative estimate of drug-likeness (QED) is 0.789. The second kappa shape index (κ2) is 6.32. The van der Waals surface area contributed by atoms with Crippen molar-refractivity contribution in [3.05, 3.63) is 53.1 Å². The molecule has 0 unspecified atom stereocenters. The van der Waals surface area contributed by atoms with Gasteiger partial charge in [-0.15, -0.1) is 0 Å². The van der Waals surface area contributed by atoms with Crippen LogP contribution in [0.25, 0.3) is 0 Å². The number of carbonyl (C=O) groups is 1. The normalized spacial score (nSPS) is 10.6. The van der Waals surface area contributed by atoms with Crippen LogP contribution in [0.4, 0.5) is 4.39 Å². The van der Waals surface area contributed by atoms with Crippen LogP contribution in [0.1, 0.15) is 35.5 Å². The van der Waals surface area contributed by atoms with Crippen molar-refractivity contribution in [3.8, 4) is 0 Å². The number of benzene rings is 1. The van der Waals surface area contributed by atoms with Crippen LogP contribution in [0.15, 0.2) is 30.5 Å². The third-order valence-corrected chi connectivity index (χ3v) is 3.00. The number of ether oxygens (including phenoxy) is 1. The van der Waals surface area contributed by atoms with E-state index >= 15 is 0 Å². The highest BCUT2D eigenvalue weighted by Crippen LogP contribution is 2.14. The first-order chi connectivity index (χ1) is 9.65. The molecule has 1 aromatic carbocycles. The molecule has 0 saturated carbocycles. The summed E-state index contributed by atoms with van der Waals surface area (Å²) in [6.45, 7) is 4.47. The summed E-state index contributed by atoms with van der Waals surface area (Å²) < 4.78 is 19.9. The topological polar surface area (TPSA) is 44.1 Å². The van der Waals surface area contributed by atoms with E-state index in [4.69, 9.17) is 4.74 Å². The van der Waals surface area contributed by atoms with Crippen LogP contribution < -0.4 is 0 Å². The molecule has 20 heavy (non-hydrogen) atoms. The lowest BCUT2D eigenvalue weighted by Crippen LogP contribution is -2.10. The van der Waals surface area contributed by atoms with Crippen molar-refractivity contribution in [2.24, 2.45) is 0 Å². The zero-order valence-electron chi connectivity index (χ0n) is 11.6. The Morgan fingerprint density at radius 1 is 1.40 bits per heavy atom. The Kier molecular flexibility index (Phi) is 4.50. The fourth-order valence-corrected chi connectivity index (χ4v) is 2.11. The Labute approximate surface area is 117 Å². The van der Waals surface area contributed by atoms with Crippen LogP contribution in [-0.2, 0) is 17.7 Å². The number of halogens is 1. The molecule has 0 aliphatic heterocycles. The molecule has 5 heteroatoms. The number of rotatable bonds is 5. The number of nitrogens with zero attached hydrogens (tertiary/aromatic N) is 2. The molecular formula is C15H17FN2O2. The molecule has 0 spiro atoms. The van der Waals surface area contributed by atoms with E-state index in [2.05, 4.69) is 5.10 Å². The summed E-state index contributed by atoms with van der Waals surface area (Å²) in [5.41, 5.74) is 2.08. The van der Waals surface area contributed by atoms with Gasteiger partial charge in [0.1, 0.15) is 11.4 Å². The Morgan fingerprint density at radius 3 is 2.85 bits per heavy atom. The molecule has 0 amide bonds. The monoisotopic (exact) mass is 276 g/mol. The van der Waals surface area contributed by atoms with Crippen molar-refractivity contribution >= 4 is 5.97 Å². The van der Waals surface area contributed by atoms with Gasteiger partial charge in [0.2, 0.25) is 0 Å². The molecule has 106 valence electrons. The first-order valence-corrected chi connectivity index (χ1v) is 6.62. The van der Waals surface area contributed by atoms with Crippen molar-refractivity contribution in [1.29, 1.82) is 0 Å². The molecular weight excluding hydrogens is 259 g/mol. The summed E-state index contributed by atoms with van der Waals surface area (Å²) in [7, 11) is 0. The molecule has 0 bridgehead atoms. The highest BCUT2D eigenvalue weighted by atomic mass is 19.1. The van der Waals surface area contributed by atoms with Crippen molar-refractivity contribution in [2.75, 3.05) is 6.61 Å². The number of hydrogen-bond donors (Lipinski definition) is 0. The van der Waals surface area contributed by atoms with Gasteiger partial charge in [-0.3, -0.25) is 4.68 Å². The summed E-state index contributed by atoms with van der Waals surface area (Å²) >= 11 is 0. The van der Waals surface area contributed by atoms with Gasteiger partial charge < -0.3 is 4.74 Å². The first kappa shape index (κ1) is 14.2. The summed E-state index contributed by atoms with van der Waals surface area (Å²) in [5.74, 6) is -0.645. The number of esters is 1. The van der Waals surface area contributed by atoms with Gasteiger partial charge in [0.05, 0.1) is 25.0 Å². The van der Waals surface area contributed by atoms with E-state index in [1.54, 1.807) is 17.7 Å². The predicted octanol–water partition coefficient (Wildman–Crippen LogP) is 2.81. The second-order valence-electron chi connectivity index (χ2n) is 4.37. The van der Waals surface area contributed by atoms with Crippen LogP contribution in [-0.4, -0.2) is 22.4 Å². The highest BCUT2D eigenvalue weighted by Gasteiger charge is 2.17. The van der Waals surface area contributed by atoms with E-state index in [1.807, 2.05) is 13.0 Å². The molecule has 0 saturated heterocycles. The van der Waals surface area contributed by atoms with Crippen LogP contribution in [0, 0.1) is 5.82 Å². The van der Waals surface area contributed by atoms with E-state index in [1.165, 1.54) is 18.3 Å². The summed E-state index contributed by atoms with van der Waals surface area (Å²) in [5, 5.41) is 4.21. The first-order valence-electron chi connectivity index (χ1n) is 6.62. The maximum atomic E-state index is 13.2. The van der Waals surface area contributed by atoms with Crippen LogP contribution in [0.3, 0.4) is 0 Å². The molecule has 0 aliphatic rings. The van der Waals surface area contributed by atoms with Gasteiger partial charge in [-0.05, 0) is 31.0 Å². The van der Waals surface area contributed by atoms with Crippen LogP contribution in [0.2, 0.25) is 0 Å². The van der Waals surface area contributed by atoms with E-state index in [-0.39, 0.29) is 11.8 Å². The summed E-state index contributed by atoms with van der Waals surface area (Å²) in [6, 6.07) is 6.35. The minimum absolute atomic E-state index is 0.279. The lowest BCUT2D eigenvalue weighted by Gasteiger charge is -2.08. The second-order valence-corrected chi connectivity index (χ2v) is 4.37. The van der Waals surface area contributed by atoms with E-state index in [0.717, 1.165) is 11.3 Å². The maximum Gasteiger partial charge on any atom is 0.341 e. The molecule has 0 N–H and O–H groups in total. The fraction of sp³-hybridized carbons (Fsp3) is 0.333. The summed E-state index contributed by atoms with van der Waals surface area (Å²) in [4.78, 5) is 11.8. The van der Waals surface area contributed by atoms with Crippen molar-refractivity contribution in [1.82, 2.24) is 9.78 Å². The largest absolute Gasteiger partial charge is 0.462 e. The Hall–Kier alpha value is -2.17. The smallest absolute Gasteiger partial charge is 0.341 e. The third-order valence-electron chi connectivity index (χ3n) is 3.00. The molecule has 1 aromatic heterocycles. The van der Waals surface area contributed by atoms with Gasteiger partial charge in [-0.2, -0.15) is 5.10 Å². The number of hydrogen-bond acceptors (Lipinski definition) is 3. The van der Waals surface area contributed by atoms with Gasteiger partial charge in [0.25, 0.3) is 0 Å². The average molecular weight is 276 g/mol. The minimum atomic E-state index is -0.366. The van der Waals surface area contributed by atoms with Crippen molar-refractivity contribution in [3.63, 3.8) is 0 Å². The zero-order valence-corrected chi connectivity index (χ0v) is 11.6. The van der Waals surface area contributed by atoms with E-state index in [9.17, 15) is 9.18 Å². The Balaban J connectivity index is 2.27. The Bertz CT molecular complexity index is 608. The van der Waals surface area contributed by atoms with Gasteiger partial charge in [-0.25, -0.2) is 9.18 Å². The van der Waals surface area contributed by atoms with Gasteiger partial charge in [0.15, 0.2) is 0 Å². The number of aromatic nitrogens is 2. The molecule has 0 aliphatic carbocycles. The Morgan fingerprint density at radius 2 is 2.20 bits per heavy atom. The SMILES string of the molecule is CCOC(=O)c1cnn(Cc2cccc(F)c2)c1CC. The van der Waals surface area contributed by atoms with Crippen LogP contribution in [0.5, 0.6) is 0 Å². The third kappa shape index (κ3) is 3.04. The standard InChI is InChI=1S/C15H17FN2O2/c1-3-14-13(15(19)20-4-2)9-17-18(14)10-11-6-5-7-12(16)8-11/h5-9H,3-4,10H2,1-2H3. The lowest BCUT2D eigenvalue weighted by molar-refractivity contribution is 0.0525. The predicted molar refractivity (Wildman–Crippen MR) is 73.1 cm³/mol. The van der Waals surface area contributed by atoms with Gasteiger partial charge in [-0.1, -0.05) is 19.1 Å². The fourth-order valence-electron chi connectivity index (χ4n) is 2.11. The van der Waals surface area contributed by atoms with Crippen LogP contribution >= 0.6 is 0 Å². The van der Waals surface area contributed by atoms with Crippen molar-refractivity contribution in [2.45, 2.75) is 26.8 Å². The number of carbonyl (C=O) groups excluding carboxylic acids is 1. The molecule has 2 rings (SSSR count). The molecule has 2 aromatic rings. The molecule has 0 radical (unpaired) electrons. The highest BCUT2D eigenvalue weighted by molar-refractivity contribution is 5.90. The maximum absolute atomic E-state index is 13.2.